The summed E-state index contributed by atoms with van der Waals surface area (Å²) in [7, 11) is 0. The maximum Gasteiger partial charge on any atom is 0.273 e. The van der Waals surface area contributed by atoms with Crippen molar-refractivity contribution in [2.24, 2.45) is 5.73 Å². The summed E-state index contributed by atoms with van der Waals surface area (Å²) in [5.74, 6) is -0.156. The Hall–Kier alpha value is -2.41. The zero-order chi connectivity index (χ0) is 17.9. The summed E-state index contributed by atoms with van der Waals surface area (Å²) < 4.78 is 1.83. The molecule has 2 aromatic rings. The van der Waals surface area contributed by atoms with E-state index in [1.54, 1.807) is 6.20 Å². The van der Waals surface area contributed by atoms with Gasteiger partial charge in [-0.25, -0.2) is 4.68 Å². The normalized spacial score (nSPS) is 22.3. The summed E-state index contributed by atoms with van der Waals surface area (Å²) in [6.45, 7) is 2.41. The number of nitrogens with one attached hydrogen (secondary N) is 1. The number of carbonyl (C=O) groups is 1. The van der Waals surface area contributed by atoms with E-state index in [-0.39, 0.29) is 5.91 Å². The van der Waals surface area contributed by atoms with Gasteiger partial charge in [-0.3, -0.25) is 4.79 Å². The minimum absolute atomic E-state index is 0.156. The van der Waals surface area contributed by atoms with Crippen LogP contribution in [0.15, 0.2) is 30.5 Å². The minimum atomic E-state index is -0.156. The summed E-state index contributed by atoms with van der Waals surface area (Å²) >= 11 is 0. The van der Waals surface area contributed by atoms with Crippen molar-refractivity contribution in [2.75, 3.05) is 24.5 Å². The van der Waals surface area contributed by atoms with Gasteiger partial charge in [0.05, 0.1) is 12.2 Å². The second-order valence-electron chi connectivity index (χ2n) is 7.27. The van der Waals surface area contributed by atoms with Crippen LogP contribution in [-0.4, -0.2) is 46.6 Å². The first kappa shape index (κ1) is 17.0. The number of rotatable bonds is 5. The Labute approximate surface area is 153 Å². The highest BCUT2D eigenvalue weighted by molar-refractivity contribution is 5.91. The van der Waals surface area contributed by atoms with E-state index in [1.165, 1.54) is 11.3 Å². The van der Waals surface area contributed by atoms with Crippen molar-refractivity contribution >= 4 is 11.6 Å². The third-order valence-corrected chi connectivity index (χ3v) is 5.51. The van der Waals surface area contributed by atoms with Gasteiger partial charge in [0.2, 0.25) is 0 Å². The molecule has 1 aliphatic heterocycles. The van der Waals surface area contributed by atoms with Crippen molar-refractivity contribution < 1.29 is 4.79 Å². The largest absolute Gasteiger partial charge is 0.369 e. The summed E-state index contributed by atoms with van der Waals surface area (Å²) in [6, 6.07) is 9.06. The van der Waals surface area contributed by atoms with Gasteiger partial charge in [-0.1, -0.05) is 23.4 Å². The quantitative estimate of drug-likeness (QED) is 0.850. The van der Waals surface area contributed by atoms with Crippen LogP contribution in [0.5, 0.6) is 0 Å². The van der Waals surface area contributed by atoms with Crippen molar-refractivity contribution in [3.05, 3.63) is 41.7 Å². The number of aromatic nitrogens is 3. The molecule has 0 radical (unpaired) electrons. The number of fused-ring (bicyclic) bond motifs is 1. The molecule has 2 aliphatic rings. The van der Waals surface area contributed by atoms with Gasteiger partial charge in [-0.2, -0.15) is 0 Å². The van der Waals surface area contributed by atoms with Gasteiger partial charge in [0.15, 0.2) is 5.69 Å². The summed E-state index contributed by atoms with van der Waals surface area (Å²) in [6.07, 6.45) is 6.85. The molecule has 7 heteroatoms. The molecule has 26 heavy (non-hydrogen) atoms. The second-order valence-corrected chi connectivity index (χ2v) is 7.27. The van der Waals surface area contributed by atoms with E-state index in [0.29, 0.717) is 24.3 Å². The van der Waals surface area contributed by atoms with Gasteiger partial charge in [0.25, 0.3) is 5.91 Å². The number of anilines is 1. The average Bonchev–Trinajstić information content (AvgIpc) is 3.30. The van der Waals surface area contributed by atoms with E-state index in [9.17, 15) is 4.79 Å². The van der Waals surface area contributed by atoms with Crippen molar-refractivity contribution in [1.82, 2.24) is 20.3 Å². The van der Waals surface area contributed by atoms with Gasteiger partial charge < -0.3 is 16.0 Å². The van der Waals surface area contributed by atoms with Gasteiger partial charge in [0.1, 0.15) is 0 Å². The highest BCUT2D eigenvalue weighted by Gasteiger charge is 2.22. The maximum absolute atomic E-state index is 12.3. The van der Waals surface area contributed by atoms with E-state index >= 15 is 0 Å². The molecular weight excluding hydrogens is 328 g/mol. The molecule has 1 fully saturated rings. The zero-order valence-electron chi connectivity index (χ0n) is 15.0. The van der Waals surface area contributed by atoms with E-state index in [2.05, 4.69) is 44.8 Å². The highest BCUT2D eigenvalue weighted by atomic mass is 16.2. The van der Waals surface area contributed by atoms with E-state index in [4.69, 9.17) is 5.73 Å². The SMILES string of the molecule is NC1CCC(n2cc(C(=O)NCCN3CCc4ccccc43)nn2)CC1. The van der Waals surface area contributed by atoms with Crippen LogP contribution in [0, 0.1) is 0 Å². The molecule has 1 aromatic carbocycles. The topological polar surface area (TPSA) is 89.1 Å². The molecule has 2 heterocycles. The number of hydrogen-bond donors (Lipinski definition) is 2. The van der Waals surface area contributed by atoms with Crippen molar-refractivity contribution in [3.8, 4) is 0 Å². The number of nitrogens with two attached hydrogens (primary N) is 1. The molecule has 0 bridgehead atoms. The molecule has 4 rings (SSSR count). The first-order valence-corrected chi connectivity index (χ1v) is 9.49. The lowest BCUT2D eigenvalue weighted by atomic mass is 9.92. The van der Waals surface area contributed by atoms with Crippen molar-refractivity contribution in [1.29, 1.82) is 0 Å². The number of nitrogens with zero attached hydrogens (tertiary/aromatic N) is 4. The smallest absolute Gasteiger partial charge is 0.273 e. The van der Waals surface area contributed by atoms with Crippen LogP contribution in [0.4, 0.5) is 5.69 Å². The number of para-hydroxylation sites is 1. The third-order valence-electron chi connectivity index (χ3n) is 5.51. The minimum Gasteiger partial charge on any atom is -0.369 e. The van der Waals surface area contributed by atoms with Crippen LogP contribution in [0.1, 0.15) is 47.8 Å². The fourth-order valence-corrected chi connectivity index (χ4v) is 3.96. The number of amides is 1. The van der Waals surface area contributed by atoms with Gasteiger partial charge >= 0.3 is 0 Å². The molecule has 1 amide bonds. The molecule has 1 aromatic heterocycles. The van der Waals surface area contributed by atoms with E-state index in [1.807, 2.05) is 4.68 Å². The summed E-state index contributed by atoms with van der Waals surface area (Å²) in [5, 5.41) is 11.2. The first-order valence-electron chi connectivity index (χ1n) is 9.49. The highest BCUT2D eigenvalue weighted by Crippen LogP contribution is 2.27. The lowest BCUT2D eigenvalue weighted by Crippen LogP contribution is -2.34. The fraction of sp³-hybridized carbons (Fsp3) is 0.526. The maximum atomic E-state index is 12.3. The first-order chi connectivity index (χ1) is 12.7. The molecule has 0 unspecified atom stereocenters. The molecule has 0 atom stereocenters. The number of hydrogen-bond acceptors (Lipinski definition) is 5. The lowest BCUT2D eigenvalue weighted by molar-refractivity contribution is 0.0949. The molecule has 7 nitrogen and oxygen atoms in total. The van der Waals surface area contributed by atoms with Gasteiger partial charge in [-0.05, 0) is 43.7 Å². The molecular formula is C19H26N6O. The molecule has 0 saturated heterocycles. The predicted molar refractivity (Wildman–Crippen MR) is 100 cm³/mol. The number of carbonyl (C=O) groups excluding carboxylic acids is 1. The van der Waals surface area contributed by atoms with Crippen LogP contribution in [0.3, 0.4) is 0 Å². The van der Waals surface area contributed by atoms with Crippen LogP contribution in [-0.2, 0) is 6.42 Å². The Bertz CT molecular complexity index is 765. The predicted octanol–water partition coefficient (Wildman–Crippen LogP) is 1.51. The summed E-state index contributed by atoms with van der Waals surface area (Å²) in [5.41, 5.74) is 9.01. The second kappa shape index (κ2) is 7.45. The lowest BCUT2D eigenvalue weighted by Gasteiger charge is -2.25. The molecule has 138 valence electrons. The standard InChI is InChI=1S/C19H26N6O/c20-15-5-7-16(8-6-15)25-13-17(22-23-25)19(26)21-10-12-24-11-9-14-3-1-2-4-18(14)24/h1-4,13,15-16H,5-12,20H2,(H,21,26). The zero-order valence-corrected chi connectivity index (χ0v) is 15.0. The average molecular weight is 354 g/mol. The van der Waals surface area contributed by atoms with Crippen molar-refractivity contribution in [2.45, 2.75) is 44.2 Å². The number of benzene rings is 1. The Balaban J connectivity index is 1.28. The van der Waals surface area contributed by atoms with Crippen LogP contribution >= 0.6 is 0 Å². The van der Waals surface area contributed by atoms with Crippen LogP contribution in [0.2, 0.25) is 0 Å². The molecule has 0 spiro atoms. The Kier molecular flexibility index (Phi) is 4.88. The monoisotopic (exact) mass is 354 g/mol. The van der Waals surface area contributed by atoms with Gasteiger partial charge in [0, 0.05) is 31.4 Å². The van der Waals surface area contributed by atoms with Crippen LogP contribution in [0.25, 0.3) is 0 Å². The van der Waals surface area contributed by atoms with Crippen LogP contribution < -0.4 is 16.0 Å². The molecule has 3 N–H and O–H groups in total. The Morgan fingerprint density at radius 1 is 1.23 bits per heavy atom. The van der Waals surface area contributed by atoms with Gasteiger partial charge in [-0.15, -0.1) is 5.10 Å². The van der Waals surface area contributed by atoms with Crippen molar-refractivity contribution in [3.63, 3.8) is 0 Å². The molecule has 1 saturated carbocycles. The van der Waals surface area contributed by atoms with E-state index < -0.39 is 0 Å². The Morgan fingerprint density at radius 2 is 2.04 bits per heavy atom. The Morgan fingerprint density at radius 3 is 2.88 bits per heavy atom. The third kappa shape index (κ3) is 3.58. The van der Waals surface area contributed by atoms with E-state index in [0.717, 1.165) is 45.2 Å². The summed E-state index contributed by atoms with van der Waals surface area (Å²) in [4.78, 5) is 14.7. The molecule has 1 aliphatic carbocycles. The fourth-order valence-electron chi connectivity index (χ4n) is 3.96.